The Kier molecular flexibility index (Phi) is 6.34. The maximum absolute atomic E-state index is 12.7. The van der Waals surface area contributed by atoms with Crippen molar-refractivity contribution in [3.8, 4) is 0 Å². The monoisotopic (exact) mass is 408 g/mol. The van der Waals surface area contributed by atoms with Gasteiger partial charge in [-0.15, -0.1) is 0 Å². The molecule has 0 bridgehead atoms. The van der Waals surface area contributed by atoms with Gasteiger partial charge in [0.2, 0.25) is 5.91 Å². The molecule has 6 heteroatoms. The summed E-state index contributed by atoms with van der Waals surface area (Å²) in [5, 5.41) is 2.98. The number of carbonyl (C=O) groups excluding carboxylic acids is 1. The number of hydrogen-bond acceptors (Lipinski definition) is 3. The highest BCUT2D eigenvalue weighted by molar-refractivity contribution is 7.92. The first-order valence-corrected chi connectivity index (χ1v) is 10.8. The zero-order valence-corrected chi connectivity index (χ0v) is 17.3. The number of benzene rings is 3. The van der Waals surface area contributed by atoms with Crippen molar-refractivity contribution in [1.29, 1.82) is 0 Å². The molecule has 1 amide bonds. The lowest BCUT2D eigenvalue weighted by Gasteiger charge is -2.20. The van der Waals surface area contributed by atoms with Crippen LogP contribution in [0.3, 0.4) is 0 Å². The van der Waals surface area contributed by atoms with Crippen molar-refractivity contribution in [3.63, 3.8) is 0 Å². The second-order valence-corrected chi connectivity index (χ2v) is 8.80. The number of carbonyl (C=O) groups is 1. The molecule has 3 aromatic rings. The Bertz CT molecular complexity index is 1050. The number of rotatable bonds is 7. The van der Waals surface area contributed by atoms with Gasteiger partial charge in [-0.05, 0) is 42.3 Å². The third kappa shape index (κ3) is 5.03. The number of nitrogens with one attached hydrogen (secondary N) is 1. The molecule has 3 rings (SSSR count). The van der Waals surface area contributed by atoms with Crippen molar-refractivity contribution in [3.05, 3.63) is 96.1 Å². The molecule has 0 aliphatic heterocycles. The molecule has 0 aliphatic carbocycles. The zero-order chi connectivity index (χ0) is 20.9. The molecule has 150 valence electrons. The van der Waals surface area contributed by atoms with Crippen LogP contribution >= 0.6 is 0 Å². The van der Waals surface area contributed by atoms with Crippen LogP contribution in [-0.2, 0) is 21.2 Å². The molecule has 0 fully saturated rings. The minimum absolute atomic E-state index is 0.0786. The predicted molar refractivity (Wildman–Crippen MR) is 115 cm³/mol. The van der Waals surface area contributed by atoms with Gasteiger partial charge in [0, 0.05) is 7.05 Å². The standard InChI is InChI=1S/C23H24N2O3S/c1-18(20-9-5-3-6-10-20)24-23(26)17-19-13-15-21(16-14-19)25(2)29(27,28)22-11-7-4-8-12-22/h3-16,18H,17H2,1-2H3,(H,24,26)/t18-/m0/s1. The number of sulfonamides is 1. The Labute approximate surface area is 172 Å². The molecule has 0 radical (unpaired) electrons. The predicted octanol–water partition coefficient (Wildman–Crippen LogP) is 3.93. The summed E-state index contributed by atoms with van der Waals surface area (Å²) in [4.78, 5) is 12.6. The van der Waals surface area contributed by atoms with Crippen LogP contribution in [0, 0.1) is 0 Å². The topological polar surface area (TPSA) is 66.5 Å². The maximum Gasteiger partial charge on any atom is 0.264 e. The maximum atomic E-state index is 12.7. The van der Waals surface area contributed by atoms with Crippen LogP contribution in [0.15, 0.2) is 89.8 Å². The quantitative estimate of drug-likeness (QED) is 0.644. The smallest absolute Gasteiger partial charge is 0.264 e. The van der Waals surface area contributed by atoms with Gasteiger partial charge >= 0.3 is 0 Å². The van der Waals surface area contributed by atoms with Crippen LogP contribution in [-0.4, -0.2) is 21.4 Å². The van der Waals surface area contributed by atoms with Gasteiger partial charge in [-0.3, -0.25) is 9.10 Å². The van der Waals surface area contributed by atoms with E-state index in [4.69, 9.17) is 0 Å². The third-order valence-corrected chi connectivity index (χ3v) is 6.54. The summed E-state index contributed by atoms with van der Waals surface area (Å²) in [5.41, 5.74) is 2.40. The van der Waals surface area contributed by atoms with E-state index in [0.717, 1.165) is 11.1 Å². The van der Waals surface area contributed by atoms with Crippen molar-refractivity contribution in [2.75, 3.05) is 11.4 Å². The highest BCUT2D eigenvalue weighted by atomic mass is 32.2. The zero-order valence-electron chi connectivity index (χ0n) is 16.4. The number of anilines is 1. The van der Waals surface area contributed by atoms with Crippen molar-refractivity contribution in [1.82, 2.24) is 5.32 Å². The first-order chi connectivity index (χ1) is 13.9. The van der Waals surface area contributed by atoms with Crippen molar-refractivity contribution < 1.29 is 13.2 Å². The lowest BCUT2D eigenvalue weighted by molar-refractivity contribution is -0.121. The molecule has 5 nitrogen and oxygen atoms in total. The molecule has 0 spiro atoms. The SMILES string of the molecule is C[C@H](NC(=O)Cc1ccc(N(C)S(=O)(=O)c2ccccc2)cc1)c1ccccc1. The second-order valence-electron chi connectivity index (χ2n) is 6.83. The van der Waals surface area contributed by atoms with E-state index in [1.165, 1.54) is 11.4 Å². The molecule has 0 saturated carbocycles. The third-order valence-electron chi connectivity index (χ3n) is 4.74. The van der Waals surface area contributed by atoms with E-state index in [9.17, 15) is 13.2 Å². The lowest BCUT2D eigenvalue weighted by atomic mass is 10.1. The molecule has 0 aliphatic rings. The fraction of sp³-hybridized carbons (Fsp3) is 0.174. The van der Waals surface area contributed by atoms with Gasteiger partial charge in [0.05, 0.1) is 23.0 Å². The normalized spacial score (nSPS) is 12.2. The Morgan fingerprint density at radius 1 is 0.897 bits per heavy atom. The molecule has 0 saturated heterocycles. The minimum Gasteiger partial charge on any atom is -0.349 e. The first kappa shape index (κ1) is 20.6. The summed E-state index contributed by atoms with van der Waals surface area (Å²) in [6.07, 6.45) is 0.229. The van der Waals surface area contributed by atoms with E-state index in [1.54, 1.807) is 54.6 Å². The van der Waals surface area contributed by atoms with E-state index in [-0.39, 0.29) is 23.3 Å². The molecule has 0 unspecified atom stereocenters. The minimum atomic E-state index is -3.62. The molecular formula is C23H24N2O3S. The van der Waals surface area contributed by atoms with Gasteiger partial charge in [0.15, 0.2) is 0 Å². The fourth-order valence-electron chi connectivity index (χ4n) is 3.02. The summed E-state index contributed by atoms with van der Waals surface area (Å²) >= 11 is 0. The molecule has 1 atom stereocenters. The van der Waals surface area contributed by atoms with Gasteiger partial charge in [0.1, 0.15) is 0 Å². The van der Waals surface area contributed by atoms with Crippen molar-refractivity contribution in [2.24, 2.45) is 0 Å². The molecular weight excluding hydrogens is 384 g/mol. The average molecular weight is 409 g/mol. The summed E-state index contributed by atoms with van der Waals surface area (Å²) in [6, 6.07) is 25.0. The summed E-state index contributed by atoms with van der Waals surface area (Å²) in [5.74, 6) is -0.0839. The summed E-state index contributed by atoms with van der Waals surface area (Å²) < 4.78 is 26.7. The summed E-state index contributed by atoms with van der Waals surface area (Å²) in [7, 11) is -2.10. The van der Waals surface area contributed by atoms with E-state index in [2.05, 4.69) is 5.32 Å². The lowest BCUT2D eigenvalue weighted by Crippen LogP contribution is -2.28. The van der Waals surface area contributed by atoms with Gasteiger partial charge in [-0.25, -0.2) is 8.42 Å². The van der Waals surface area contributed by atoms with Crippen molar-refractivity contribution >= 4 is 21.6 Å². The summed E-state index contributed by atoms with van der Waals surface area (Å²) in [6.45, 7) is 1.94. The van der Waals surface area contributed by atoms with E-state index < -0.39 is 10.0 Å². The van der Waals surface area contributed by atoms with Crippen LogP contribution in [0.5, 0.6) is 0 Å². The average Bonchev–Trinajstić information content (AvgIpc) is 2.75. The van der Waals surface area contributed by atoms with Gasteiger partial charge < -0.3 is 5.32 Å². The molecule has 0 heterocycles. The number of amides is 1. The number of hydrogen-bond donors (Lipinski definition) is 1. The Morgan fingerprint density at radius 2 is 1.45 bits per heavy atom. The molecule has 3 aromatic carbocycles. The highest BCUT2D eigenvalue weighted by Crippen LogP contribution is 2.22. The molecule has 29 heavy (non-hydrogen) atoms. The van der Waals surface area contributed by atoms with E-state index >= 15 is 0 Å². The Hall–Kier alpha value is -3.12. The fourth-order valence-corrected chi connectivity index (χ4v) is 4.23. The molecule has 0 aromatic heterocycles. The largest absolute Gasteiger partial charge is 0.349 e. The Morgan fingerprint density at radius 3 is 2.03 bits per heavy atom. The van der Waals surface area contributed by atoms with Crippen LogP contribution in [0.2, 0.25) is 0 Å². The Balaban J connectivity index is 1.65. The molecule has 1 N–H and O–H groups in total. The first-order valence-electron chi connectivity index (χ1n) is 9.35. The van der Waals surface area contributed by atoms with Gasteiger partial charge in [-0.1, -0.05) is 60.7 Å². The van der Waals surface area contributed by atoms with Crippen LogP contribution < -0.4 is 9.62 Å². The van der Waals surface area contributed by atoms with E-state index in [1.807, 2.05) is 37.3 Å². The second kappa shape index (κ2) is 8.92. The van der Waals surface area contributed by atoms with Crippen LogP contribution in [0.25, 0.3) is 0 Å². The van der Waals surface area contributed by atoms with Crippen LogP contribution in [0.1, 0.15) is 24.1 Å². The van der Waals surface area contributed by atoms with Gasteiger partial charge in [0.25, 0.3) is 10.0 Å². The highest BCUT2D eigenvalue weighted by Gasteiger charge is 2.20. The van der Waals surface area contributed by atoms with Crippen molar-refractivity contribution in [2.45, 2.75) is 24.3 Å². The van der Waals surface area contributed by atoms with E-state index in [0.29, 0.717) is 5.69 Å². The number of nitrogens with zero attached hydrogens (tertiary/aromatic N) is 1. The van der Waals surface area contributed by atoms with Crippen LogP contribution in [0.4, 0.5) is 5.69 Å². The van der Waals surface area contributed by atoms with Gasteiger partial charge in [-0.2, -0.15) is 0 Å².